The molecule has 1 fully saturated rings. The Balaban J connectivity index is 1.93. The molecule has 0 bridgehead atoms. The average molecular weight is 420 g/mol. The molecule has 1 aliphatic rings. The molecule has 1 aromatic rings. The van der Waals surface area contributed by atoms with Crippen molar-refractivity contribution in [3.63, 3.8) is 0 Å². The zero-order valence-corrected chi connectivity index (χ0v) is 17.6. The lowest BCUT2D eigenvalue weighted by molar-refractivity contribution is -0.117. The quantitative estimate of drug-likeness (QED) is 0.723. The minimum Gasteiger partial charge on any atom is -0.495 e. The molecule has 0 unspecified atom stereocenters. The summed E-state index contributed by atoms with van der Waals surface area (Å²) < 4.78 is 35.1. The lowest BCUT2D eigenvalue weighted by Gasteiger charge is -2.35. The molecule has 1 N–H and O–H groups in total. The van der Waals surface area contributed by atoms with Crippen molar-refractivity contribution in [2.45, 2.75) is 18.9 Å². The van der Waals surface area contributed by atoms with E-state index in [-0.39, 0.29) is 18.5 Å². The normalized spacial score (nSPS) is 16.4. The lowest BCUT2D eigenvalue weighted by Crippen LogP contribution is -2.47. The van der Waals surface area contributed by atoms with Crippen LogP contribution in [0.5, 0.6) is 11.5 Å². The summed E-state index contributed by atoms with van der Waals surface area (Å²) >= 11 is 6.12. The number of carbonyl (C=O) groups is 1. The van der Waals surface area contributed by atoms with Crippen molar-refractivity contribution in [3.05, 3.63) is 17.2 Å². The minimum absolute atomic E-state index is 0.0280. The monoisotopic (exact) mass is 419 g/mol. The van der Waals surface area contributed by atoms with Crippen LogP contribution in [-0.4, -0.2) is 76.7 Å². The number of amides is 1. The van der Waals surface area contributed by atoms with Crippen LogP contribution in [0.4, 0.5) is 5.69 Å². The third kappa shape index (κ3) is 5.71. The highest BCUT2D eigenvalue weighted by molar-refractivity contribution is 7.88. The third-order valence-corrected chi connectivity index (χ3v) is 6.35. The molecule has 0 saturated carbocycles. The molecule has 27 heavy (non-hydrogen) atoms. The number of hydrogen-bond acceptors (Lipinski definition) is 6. The molecule has 0 aromatic heterocycles. The van der Waals surface area contributed by atoms with Gasteiger partial charge in [0, 0.05) is 32.2 Å². The predicted molar refractivity (Wildman–Crippen MR) is 105 cm³/mol. The average Bonchev–Trinajstić information content (AvgIpc) is 2.61. The Morgan fingerprint density at radius 3 is 2.37 bits per heavy atom. The zero-order valence-electron chi connectivity index (χ0n) is 16.0. The Hall–Kier alpha value is -1.55. The van der Waals surface area contributed by atoms with Crippen molar-refractivity contribution in [3.8, 4) is 11.5 Å². The molecular weight excluding hydrogens is 394 g/mol. The molecule has 0 aliphatic carbocycles. The van der Waals surface area contributed by atoms with Crippen molar-refractivity contribution >= 4 is 33.2 Å². The Morgan fingerprint density at radius 2 is 1.85 bits per heavy atom. The number of rotatable bonds is 7. The first-order valence-corrected chi connectivity index (χ1v) is 10.7. The number of anilines is 1. The Morgan fingerprint density at radius 1 is 1.26 bits per heavy atom. The Bertz CT molecular complexity index is 779. The molecule has 10 heteroatoms. The van der Waals surface area contributed by atoms with Gasteiger partial charge in [0.15, 0.2) is 0 Å². The summed E-state index contributed by atoms with van der Waals surface area (Å²) in [5.74, 6) is 0.728. The van der Waals surface area contributed by atoms with Crippen LogP contribution >= 0.6 is 11.6 Å². The maximum absolute atomic E-state index is 12.4. The van der Waals surface area contributed by atoms with Gasteiger partial charge >= 0.3 is 0 Å². The number of nitrogens with one attached hydrogen (secondary N) is 1. The van der Waals surface area contributed by atoms with E-state index in [9.17, 15) is 13.2 Å². The topological polar surface area (TPSA) is 88.2 Å². The maximum atomic E-state index is 12.4. The molecule has 0 atom stereocenters. The first-order chi connectivity index (χ1) is 12.7. The molecule has 1 aromatic carbocycles. The van der Waals surface area contributed by atoms with Crippen molar-refractivity contribution in [1.29, 1.82) is 0 Å². The number of halogens is 1. The van der Waals surface area contributed by atoms with E-state index in [0.29, 0.717) is 48.1 Å². The van der Waals surface area contributed by atoms with Crippen molar-refractivity contribution in [2.75, 3.05) is 52.5 Å². The van der Waals surface area contributed by atoms with E-state index in [1.165, 1.54) is 24.8 Å². The van der Waals surface area contributed by atoms with Crippen LogP contribution in [0.1, 0.15) is 12.8 Å². The fourth-order valence-electron chi connectivity index (χ4n) is 3.06. The summed E-state index contributed by atoms with van der Waals surface area (Å²) in [6.45, 7) is 1.51. The van der Waals surface area contributed by atoms with Crippen LogP contribution in [0.2, 0.25) is 5.02 Å². The number of nitrogens with zero attached hydrogens (tertiary/aromatic N) is 2. The highest BCUT2D eigenvalue weighted by atomic mass is 35.5. The molecule has 1 aliphatic heterocycles. The van der Waals surface area contributed by atoms with Gasteiger partial charge in [-0.15, -0.1) is 0 Å². The van der Waals surface area contributed by atoms with Gasteiger partial charge in [-0.05, 0) is 18.9 Å². The van der Waals surface area contributed by atoms with Gasteiger partial charge in [0.2, 0.25) is 15.9 Å². The van der Waals surface area contributed by atoms with Gasteiger partial charge in [0.25, 0.3) is 0 Å². The van der Waals surface area contributed by atoms with Crippen molar-refractivity contribution in [1.82, 2.24) is 9.21 Å². The number of likely N-dealkylation sites (tertiary alicyclic amines) is 1. The van der Waals surface area contributed by atoms with Gasteiger partial charge in [0.1, 0.15) is 11.5 Å². The van der Waals surface area contributed by atoms with Crippen molar-refractivity contribution < 1.29 is 22.7 Å². The number of methoxy groups -OCH3 is 2. The molecule has 0 radical (unpaired) electrons. The Kier molecular flexibility index (Phi) is 7.32. The first-order valence-electron chi connectivity index (χ1n) is 8.52. The zero-order chi connectivity index (χ0) is 20.2. The summed E-state index contributed by atoms with van der Waals surface area (Å²) in [4.78, 5) is 14.4. The molecule has 152 valence electrons. The van der Waals surface area contributed by atoms with E-state index in [1.54, 1.807) is 19.2 Å². The molecule has 1 heterocycles. The predicted octanol–water partition coefficient (Wildman–Crippen LogP) is 1.65. The molecular formula is C17H26ClN3O5S. The number of piperidine rings is 1. The largest absolute Gasteiger partial charge is 0.495 e. The van der Waals surface area contributed by atoms with Crippen LogP contribution in [-0.2, 0) is 14.8 Å². The second-order valence-corrected chi connectivity index (χ2v) is 8.97. The molecule has 8 nitrogen and oxygen atoms in total. The van der Waals surface area contributed by atoms with Gasteiger partial charge < -0.3 is 14.8 Å². The van der Waals surface area contributed by atoms with Gasteiger partial charge in [-0.25, -0.2) is 12.7 Å². The van der Waals surface area contributed by atoms with Crippen LogP contribution in [0.3, 0.4) is 0 Å². The second-order valence-electron chi connectivity index (χ2n) is 6.52. The number of carbonyl (C=O) groups excluding carboxylic acids is 1. The standard InChI is InChI=1S/C17H26ClN3O5S/c1-20(27(4,23)24)12-5-7-21(8-6-12)11-17(22)19-14-9-13(18)15(25-2)10-16(14)26-3/h9-10,12H,5-8,11H2,1-4H3,(H,19,22). The van der Waals surface area contributed by atoms with Gasteiger partial charge in [0.05, 0.1) is 37.7 Å². The summed E-state index contributed by atoms with van der Waals surface area (Å²) in [5.41, 5.74) is 0.472. The maximum Gasteiger partial charge on any atom is 0.238 e. The molecule has 1 saturated heterocycles. The molecule has 1 amide bonds. The Labute approximate surface area is 165 Å². The summed E-state index contributed by atoms with van der Waals surface area (Å²) in [6.07, 6.45) is 2.59. The lowest BCUT2D eigenvalue weighted by atomic mass is 10.1. The molecule has 0 spiro atoms. The van der Waals surface area contributed by atoms with E-state index in [4.69, 9.17) is 21.1 Å². The molecule has 2 rings (SSSR count). The van der Waals surface area contributed by atoms with Gasteiger partial charge in [-0.2, -0.15) is 0 Å². The highest BCUT2D eigenvalue weighted by Crippen LogP contribution is 2.35. The van der Waals surface area contributed by atoms with Gasteiger partial charge in [-0.3, -0.25) is 9.69 Å². The van der Waals surface area contributed by atoms with E-state index in [1.807, 2.05) is 4.90 Å². The number of ether oxygens (including phenoxy) is 2. The SMILES string of the molecule is COc1cc(OC)c(NC(=O)CN2CCC(N(C)S(C)(=O)=O)CC2)cc1Cl. The summed E-state index contributed by atoms with van der Waals surface area (Å²) in [5, 5.41) is 3.18. The van der Waals surface area contributed by atoms with Crippen LogP contribution in [0.15, 0.2) is 12.1 Å². The van der Waals surface area contributed by atoms with Crippen LogP contribution in [0, 0.1) is 0 Å². The van der Waals surface area contributed by atoms with E-state index in [2.05, 4.69) is 5.32 Å². The van der Waals surface area contributed by atoms with Crippen LogP contribution < -0.4 is 14.8 Å². The smallest absolute Gasteiger partial charge is 0.238 e. The fourth-order valence-corrected chi connectivity index (χ4v) is 4.06. The van der Waals surface area contributed by atoms with Crippen molar-refractivity contribution in [2.24, 2.45) is 0 Å². The summed E-state index contributed by atoms with van der Waals surface area (Å²) in [6, 6.07) is 3.18. The number of hydrogen-bond donors (Lipinski definition) is 1. The van der Waals surface area contributed by atoms with E-state index >= 15 is 0 Å². The fraction of sp³-hybridized carbons (Fsp3) is 0.588. The van der Waals surface area contributed by atoms with E-state index in [0.717, 1.165) is 0 Å². The highest BCUT2D eigenvalue weighted by Gasteiger charge is 2.28. The first kappa shape index (κ1) is 21.7. The van der Waals surface area contributed by atoms with Crippen LogP contribution in [0.25, 0.3) is 0 Å². The number of sulfonamides is 1. The van der Waals surface area contributed by atoms with E-state index < -0.39 is 10.0 Å². The van der Waals surface area contributed by atoms with Gasteiger partial charge in [-0.1, -0.05) is 11.6 Å². The second kappa shape index (κ2) is 9.09. The third-order valence-electron chi connectivity index (χ3n) is 4.71. The minimum atomic E-state index is -3.20. The number of benzene rings is 1. The summed E-state index contributed by atoms with van der Waals surface area (Å²) in [7, 11) is 1.40.